The van der Waals surface area contributed by atoms with Crippen molar-refractivity contribution in [1.82, 2.24) is 15.0 Å². The first kappa shape index (κ1) is 21.1. The van der Waals surface area contributed by atoms with Gasteiger partial charge in [-0.15, -0.1) is 0 Å². The van der Waals surface area contributed by atoms with E-state index in [4.69, 9.17) is 32.5 Å². The first-order valence-corrected chi connectivity index (χ1v) is 9.67. The van der Waals surface area contributed by atoms with Crippen molar-refractivity contribution < 1.29 is 14.1 Å². The number of hydrogen-bond acceptors (Lipinski definition) is 5. The molecular weight excluding hydrogens is 413 g/mol. The molecule has 0 fully saturated rings. The molecule has 0 unspecified atom stereocenters. The normalized spacial score (nSPS) is 10.9. The summed E-state index contributed by atoms with van der Waals surface area (Å²) in [5.74, 6) is 0.651. The van der Waals surface area contributed by atoms with Crippen molar-refractivity contribution in [3.63, 3.8) is 0 Å². The summed E-state index contributed by atoms with van der Waals surface area (Å²) in [6, 6.07) is 7.13. The van der Waals surface area contributed by atoms with Gasteiger partial charge in [0.05, 0.1) is 23.7 Å². The third-order valence-corrected chi connectivity index (χ3v) is 5.48. The minimum atomic E-state index is -0.253. The number of carbonyl (C=O) groups is 1. The molecule has 0 radical (unpaired) electrons. The number of rotatable bonds is 5. The Morgan fingerprint density at radius 2 is 1.97 bits per heavy atom. The largest absolute Gasteiger partial charge is 0.481 e. The second kappa shape index (κ2) is 8.43. The van der Waals surface area contributed by atoms with Crippen LogP contribution in [-0.4, -0.2) is 35.1 Å². The van der Waals surface area contributed by atoms with Crippen LogP contribution in [0.2, 0.25) is 10.0 Å². The van der Waals surface area contributed by atoms with E-state index in [2.05, 4.69) is 10.1 Å². The highest BCUT2D eigenvalue weighted by atomic mass is 35.5. The lowest BCUT2D eigenvalue weighted by atomic mass is 10.0. The zero-order valence-corrected chi connectivity index (χ0v) is 18.4. The first-order chi connectivity index (χ1) is 13.7. The maximum atomic E-state index is 13.3. The van der Waals surface area contributed by atoms with Gasteiger partial charge in [-0.25, -0.2) is 4.98 Å². The smallest absolute Gasteiger partial charge is 0.259 e. The Hall–Kier alpha value is -2.57. The van der Waals surface area contributed by atoms with Crippen molar-refractivity contribution in [2.75, 3.05) is 14.2 Å². The molecule has 3 rings (SSSR count). The van der Waals surface area contributed by atoms with Crippen LogP contribution in [0.4, 0.5) is 0 Å². The highest BCUT2D eigenvalue weighted by Crippen LogP contribution is 2.36. The molecule has 0 saturated carbocycles. The molecule has 2 aromatic heterocycles. The van der Waals surface area contributed by atoms with Crippen LogP contribution in [0.15, 0.2) is 28.8 Å². The second-order valence-electron chi connectivity index (χ2n) is 6.79. The van der Waals surface area contributed by atoms with Crippen molar-refractivity contribution in [2.24, 2.45) is 0 Å². The van der Waals surface area contributed by atoms with Gasteiger partial charge in [-0.05, 0) is 38.5 Å². The van der Waals surface area contributed by atoms with Crippen molar-refractivity contribution in [3.05, 3.63) is 62.5 Å². The van der Waals surface area contributed by atoms with E-state index in [9.17, 15) is 4.79 Å². The summed E-state index contributed by atoms with van der Waals surface area (Å²) >= 11 is 12.5. The van der Waals surface area contributed by atoms with Gasteiger partial charge in [-0.2, -0.15) is 0 Å². The quantitative estimate of drug-likeness (QED) is 0.549. The number of nitrogens with zero attached hydrogens (tertiary/aromatic N) is 3. The van der Waals surface area contributed by atoms with Crippen molar-refractivity contribution in [2.45, 2.75) is 27.3 Å². The number of aromatic nitrogens is 2. The summed E-state index contributed by atoms with van der Waals surface area (Å²) in [7, 11) is 3.27. The molecule has 6 nitrogen and oxygen atoms in total. The third-order valence-electron chi connectivity index (χ3n) is 4.66. The number of carbonyl (C=O) groups excluding carboxylic acids is 1. The Labute approximate surface area is 179 Å². The number of aryl methyl sites for hydroxylation is 3. The summed E-state index contributed by atoms with van der Waals surface area (Å²) in [6.07, 6.45) is 0. The molecule has 0 spiro atoms. The molecule has 1 aromatic carbocycles. The van der Waals surface area contributed by atoms with E-state index in [1.54, 1.807) is 44.2 Å². The van der Waals surface area contributed by atoms with Crippen molar-refractivity contribution in [3.8, 4) is 17.1 Å². The van der Waals surface area contributed by atoms with Gasteiger partial charge < -0.3 is 14.2 Å². The van der Waals surface area contributed by atoms with Crippen LogP contribution in [0.3, 0.4) is 0 Å². The molecule has 1 amide bonds. The van der Waals surface area contributed by atoms with Gasteiger partial charge in [0.2, 0.25) is 5.88 Å². The number of hydrogen-bond donors (Lipinski definition) is 0. The summed E-state index contributed by atoms with van der Waals surface area (Å²) in [5.41, 5.74) is 3.92. The minimum absolute atomic E-state index is 0.253. The number of halogens is 2. The highest BCUT2D eigenvalue weighted by Gasteiger charge is 2.27. The summed E-state index contributed by atoms with van der Waals surface area (Å²) in [6.45, 7) is 5.87. The van der Waals surface area contributed by atoms with E-state index in [1.807, 2.05) is 19.9 Å². The average Bonchev–Trinajstić information content (AvgIpc) is 3.06. The van der Waals surface area contributed by atoms with Crippen LogP contribution in [0.1, 0.15) is 32.9 Å². The average molecular weight is 434 g/mol. The number of pyridine rings is 1. The van der Waals surface area contributed by atoms with E-state index in [0.717, 1.165) is 16.8 Å². The molecule has 0 N–H and O–H groups in total. The number of amides is 1. The maximum absolute atomic E-state index is 13.3. The minimum Gasteiger partial charge on any atom is -0.481 e. The van der Waals surface area contributed by atoms with E-state index in [1.165, 1.54) is 0 Å². The molecule has 29 heavy (non-hydrogen) atoms. The topological polar surface area (TPSA) is 68.5 Å². The number of ether oxygens (including phenoxy) is 1. The fourth-order valence-corrected chi connectivity index (χ4v) is 3.57. The van der Waals surface area contributed by atoms with Gasteiger partial charge in [0, 0.05) is 23.9 Å². The van der Waals surface area contributed by atoms with Crippen LogP contribution in [-0.2, 0) is 6.54 Å². The molecule has 0 saturated heterocycles. The SMILES string of the molecule is COc1nc(C)cc(C)c1CN(C)C(=O)c1c(-c2cccc(Cl)c2Cl)noc1C. The molecule has 2 heterocycles. The van der Waals surface area contributed by atoms with E-state index in [0.29, 0.717) is 45.1 Å². The Morgan fingerprint density at radius 3 is 2.66 bits per heavy atom. The standard InChI is InChI=1S/C21H21Cl2N3O3/c1-11-9-12(2)24-20(28-5)15(11)10-26(4)21(27)17-13(3)29-25-19(17)14-7-6-8-16(22)18(14)23/h6-9H,10H2,1-5H3. The Morgan fingerprint density at radius 1 is 1.24 bits per heavy atom. The fourth-order valence-electron chi connectivity index (χ4n) is 3.18. The van der Waals surface area contributed by atoms with Crippen LogP contribution in [0, 0.1) is 20.8 Å². The Balaban J connectivity index is 1.98. The van der Waals surface area contributed by atoms with Crippen molar-refractivity contribution in [1.29, 1.82) is 0 Å². The van der Waals surface area contributed by atoms with E-state index < -0.39 is 0 Å². The number of benzene rings is 1. The molecular formula is C21H21Cl2N3O3. The molecule has 3 aromatic rings. The zero-order valence-electron chi connectivity index (χ0n) is 16.8. The van der Waals surface area contributed by atoms with Crippen LogP contribution in [0.5, 0.6) is 5.88 Å². The molecule has 8 heteroatoms. The molecule has 0 aliphatic carbocycles. The van der Waals surface area contributed by atoms with Gasteiger partial charge in [-0.1, -0.05) is 40.5 Å². The van der Waals surface area contributed by atoms with Crippen LogP contribution < -0.4 is 4.74 Å². The molecule has 0 aliphatic heterocycles. The molecule has 152 valence electrons. The lowest BCUT2D eigenvalue weighted by Gasteiger charge is -2.20. The van der Waals surface area contributed by atoms with Gasteiger partial charge in [0.25, 0.3) is 5.91 Å². The van der Waals surface area contributed by atoms with Crippen LogP contribution >= 0.6 is 23.2 Å². The molecule has 0 atom stereocenters. The Kier molecular flexibility index (Phi) is 6.15. The lowest BCUT2D eigenvalue weighted by molar-refractivity contribution is 0.0782. The summed E-state index contributed by atoms with van der Waals surface area (Å²) in [5, 5.41) is 4.76. The predicted molar refractivity (Wildman–Crippen MR) is 113 cm³/mol. The van der Waals surface area contributed by atoms with E-state index >= 15 is 0 Å². The monoisotopic (exact) mass is 433 g/mol. The van der Waals surface area contributed by atoms with Gasteiger partial charge in [0.15, 0.2) is 0 Å². The van der Waals surface area contributed by atoms with Gasteiger partial charge in [0.1, 0.15) is 17.0 Å². The molecule has 0 aliphatic rings. The van der Waals surface area contributed by atoms with Crippen LogP contribution in [0.25, 0.3) is 11.3 Å². The maximum Gasteiger partial charge on any atom is 0.259 e. The van der Waals surface area contributed by atoms with Gasteiger partial charge >= 0.3 is 0 Å². The van der Waals surface area contributed by atoms with Gasteiger partial charge in [-0.3, -0.25) is 4.79 Å². The highest BCUT2D eigenvalue weighted by molar-refractivity contribution is 6.43. The second-order valence-corrected chi connectivity index (χ2v) is 7.58. The third kappa shape index (κ3) is 4.09. The zero-order chi connectivity index (χ0) is 21.3. The summed E-state index contributed by atoms with van der Waals surface area (Å²) < 4.78 is 10.7. The lowest BCUT2D eigenvalue weighted by Crippen LogP contribution is -2.27. The fraction of sp³-hybridized carbons (Fsp3) is 0.286. The first-order valence-electron chi connectivity index (χ1n) is 8.91. The van der Waals surface area contributed by atoms with E-state index in [-0.39, 0.29) is 5.91 Å². The summed E-state index contributed by atoms with van der Waals surface area (Å²) in [4.78, 5) is 19.3. The molecule has 0 bridgehead atoms. The number of methoxy groups -OCH3 is 1. The Bertz CT molecular complexity index is 1080. The van der Waals surface area contributed by atoms with Crippen molar-refractivity contribution >= 4 is 29.1 Å². The predicted octanol–water partition coefficient (Wildman–Crippen LogP) is 5.25.